The maximum Gasteiger partial charge on any atom is 0.332 e. The molecule has 0 bridgehead atoms. The molecular formula is C11H20N2O5. The fourth-order valence-electron chi connectivity index (χ4n) is 0.953. The van der Waals surface area contributed by atoms with Crippen molar-refractivity contribution in [2.75, 3.05) is 13.2 Å². The number of hydrogen-bond acceptors (Lipinski definition) is 4. The first-order valence-corrected chi connectivity index (χ1v) is 5.75. The van der Waals surface area contributed by atoms with Crippen molar-refractivity contribution in [3.05, 3.63) is 0 Å². The summed E-state index contributed by atoms with van der Waals surface area (Å²) in [6.07, 6.45) is -0.270. The minimum atomic E-state index is -1.16. The van der Waals surface area contributed by atoms with E-state index in [2.05, 4.69) is 5.32 Å². The van der Waals surface area contributed by atoms with Crippen LogP contribution in [0.15, 0.2) is 0 Å². The number of nitrogens with one attached hydrogen (secondary N) is 2. The standard InChI is InChI=1S/C11H20N2O5/c1-7(2)4-5-12-11(17)13-9(14)6-18-8(3)10(15)16/h7-8H,4-6H2,1-3H3,(H,15,16)(H2,12,13,14,17)/t8-/m1/s1. The minimum absolute atomic E-state index is 0.459. The zero-order valence-electron chi connectivity index (χ0n) is 10.9. The Morgan fingerprint density at radius 3 is 2.33 bits per heavy atom. The van der Waals surface area contributed by atoms with E-state index in [1.165, 1.54) is 6.92 Å². The number of aliphatic carboxylic acids is 1. The summed E-state index contributed by atoms with van der Waals surface area (Å²) in [5, 5.41) is 13.1. The molecule has 0 aromatic rings. The predicted octanol–water partition coefficient (Wildman–Crippen LogP) is 0.348. The van der Waals surface area contributed by atoms with Gasteiger partial charge in [-0.1, -0.05) is 13.8 Å². The lowest BCUT2D eigenvalue weighted by molar-refractivity contribution is -0.150. The Morgan fingerprint density at radius 2 is 1.83 bits per heavy atom. The molecule has 0 heterocycles. The summed E-state index contributed by atoms with van der Waals surface area (Å²) in [5.74, 6) is -1.38. The van der Waals surface area contributed by atoms with Gasteiger partial charge in [0, 0.05) is 6.54 Å². The highest BCUT2D eigenvalue weighted by atomic mass is 16.5. The number of imide groups is 1. The Hall–Kier alpha value is -1.63. The molecule has 1 atom stereocenters. The van der Waals surface area contributed by atoms with Crippen LogP contribution in [-0.2, 0) is 14.3 Å². The predicted molar refractivity (Wildman–Crippen MR) is 64.0 cm³/mol. The van der Waals surface area contributed by atoms with Crippen LogP contribution in [0.25, 0.3) is 0 Å². The molecule has 0 rings (SSSR count). The van der Waals surface area contributed by atoms with Gasteiger partial charge in [0.2, 0.25) is 0 Å². The van der Waals surface area contributed by atoms with Crippen molar-refractivity contribution in [3.63, 3.8) is 0 Å². The molecule has 3 N–H and O–H groups in total. The van der Waals surface area contributed by atoms with Gasteiger partial charge in [-0.15, -0.1) is 0 Å². The molecule has 0 radical (unpaired) electrons. The summed E-state index contributed by atoms with van der Waals surface area (Å²) in [5.41, 5.74) is 0. The van der Waals surface area contributed by atoms with Crippen molar-refractivity contribution in [2.45, 2.75) is 33.3 Å². The quantitative estimate of drug-likeness (QED) is 0.612. The summed E-state index contributed by atoms with van der Waals surface area (Å²) in [6, 6.07) is -0.604. The topological polar surface area (TPSA) is 105 Å². The van der Waals surface area contributed by atoms with Gasteiger partial charge in [0.05, 0.1) is 0 Å². The largest absolute Gasteiger partial charge is 0.479 e. The fourth-order valence-corrected chi connectivity index (χ4v) is 0.953. The number of ether oxygens (including phenoxy) is 1. The Morgan fingerprint density at radius 1 is 1.22 bits per heavy atom. The average Bonchev–Trinajstić information content (AvgIpc) is 2.24. The van der Waals surface area contributed by atoms with Gasteiger partial charge in [-0.3, -0.25) is 10.1 Å². The number of hydrogen-bond donors (Lipinski definition) is 3. The van der Waals surface area contributed by atoms with E-state index >= 15 is 0 Å². The molecule has 0 aromatic heterocycles. The third-order valence-corrected chi connectivity index (χ3v) is 2.07. The fraction of sp³-hybridized carbons (Fsp3) is 0.727. The van der Waals surface area contributed by atoms with Crippen molar-refractivity contribution >= 4 is 17.9 Å². The van der Waals surface area contributed by atoms with Crippen molar-refractivity contribution in [2.24, 2.45) is 5.92 Å². The molecule has 7 heteroatoms. The van der Waals surface area contributed by atoms with E-state index in [9.17, 15) is 14.4 Å². The summed E-state index contributed by atoms with van der Waals surface area (Å²) in [6.45, 7) is 5.35. The normalized spacial score (nSPS) is 12.0. The average molecular weight is 260 g/mol. The van der Waals surface area contributed by atoms with E-state index in [4.69, 9.17) is 9.84 Å². The molecule has 0 saturated carbocycles. The van der Waals surface area contributed by atoms with Crippen molar-refractivity contribution in [1.29, 1.82) is 0 Å². The number of carbonyl (C=O) groups excluding carboxylic acids is 2. The highest BCUT2D eigenvalue weighted by Gasteiger charge is 2.14. The molecule has 0 unspecified atom stereocenters. The van der Waals surface area contributed by atoms with Crippen LogP contribution in [0.3, 0.4) is 0 Å². The number of carboxylic acid groups (broad SMARTS) is 1. The van der Waals surface area contributed by atoms with E-state index in [1.807, 2.05) is 19.2 Å². The maximum atomic E-state index is 11.2. The number of carbonyl (C=O) groups is 3. The van der Waals surface area contributed by atoms with E-state index in [-0.39, 0.29) is 0 Å². The first kappa shape index (κ1) is 16.4. The molecule has 0 aliphatic carbocycles. The zero-order valence-corrected chi connectivity index (χ0v) is 10.9. The van der Waals surface area contributed by atoms with Crippen LogP contribution < -0.4 is 10.6 Å². The van der Waals surface area contributed by atoms with Crippen molar-refractivity contribution < 1.29 is 24.2 Å². The summed E-state index contributed by atoms with van der Waals surface area (Å²) in [4.78, 5) is 32.8. The van der Waals surface area contributed by atoms with E-state index in [1.54, 1.807) is 0 Å². The van der Waals surface area contributed by atoms with Crippen LogP contribution in [0.5, 0.6) is 0 Å². The van der Waals surface area contributed by atoms with Crippen LogP contribution in [0, 0.1) is 5.92 Å². The molecule has 0 saturated heterocycles. The van der Waals surface area contributed by atoms with E-state index in [0.29, 0.717) is 12.5 Å². The van der Waals surface area contributed by atoms with Gasteiger partial charge in [0.1, 0.15) is 6.61 Å². The van der Waals surface area contributed by atoms with E-state index in [0.717, 1.165) is 6.42 Å². The maximum absolute atomic E-state index is 11.2. The smallest absolute Gasteiger partial charge is 0.332 e. The zero-order chi connectivity index (χ0) is 14.1. The lowest BCUT2D eigenvalue weighted by atomic mass is 10.1. The highest BCUT2D eigenvalue weighted by molar-refractivity contribution is 5.94. The van der Waals surface area contributed by atoms with Crippen LogP contribution in [0.1, 0.15) is 27.2 Å². The van der Waals surface area contributed by atoms with Gasteiger partial charge in [-0.25, -0.2) is 9.59 Å². The highest BCUT2D eigenvalue weighted by Crippen LogP contribution is 1.95. The van der Waals surface area contributed by atoms with Gasteiger partial charge in [0.25, 0.3) is 5.91 Å². The van der Waals surface area contributed by atoms with Crippen LogP contribution in [0.2, 0.25) is 0 Å². The molecule has 3 amide bonds. The molecule has 0 fully saturated rings. The van der Waals surface area contributed by atoms with Crippen LogP contribution in [-0.4, -0.2) is 42.3 Å². The Balaban J connectivity index is 3.74. The molecule has 0 aromatic carbocycles. The number of urea groups is 1. The Bertz CT molecular complexity index is 304. The third-order valence-electron chi connectivity index (χ3n) is 2.07. The molecule has 18 heavy (non-hydrogen) atoms. The third kappa shape index (κ3) is 8.51. The molecular weight excluding hydrogens is 240 g/mol. The van der Waals surface area contributed by atoms with Crippen molar-refractivity contribution in [3.8, 4) is 0 Å². The second-order valence-corrected chi connectivity index (χ2v) is 4.28. The number of amides is 3. The van der Waals surface area contributed by atoms with Gasteiger partial charge >= 0.3 is 12.0 Å². The second kappa shape index (κ2) is 8.46. The monoisotopic (exact) mass is 260 g/mol. The molecule has 0 spiro atoms. The van der Waals surface area contributed by atoms with E-state index < -0.39 is 30.6 Å². The minimum Gasteiger partial charge on any atom is -0.479 e. The SMILES string of the molecule is CC(C)CCNC(=O)NC(=O)CO[C@H](C)C(=O)O. The lowest BCUT2D eigenvalue weighted by Crippen LogP contribution is -2.42. The van der Waals surface area contributed by atoms with Crippen LogP contribution >= 0.6 is 0 Å². The lowest BCUT2D eigenvalue weighted by Gasteiger charge is -2.10. The molecule has 0 aliphatic rings. The van der Waals surface area contributed by atoms with Gasteiger partial charge in [-0.05, 0) is 19.3 Å². The molecule has 0 aliphatic heterocycles. The summed E-state index contributed by atoms with van der Waals surface area (Å²) in [7, 11) is 0. The summed E-state index contributed by atoms with van der Waals surface area (Å²) < 4.78 is 4.72. The van der Waals surface area contributed by atoms with Gasteiger partial charge in [0.15, 0.2) is 6.10 Å². The Kier molecular flexibility index (Phi) is 7.69. The van der Waals surface area contributed by atoms with Crippen LogP contribution in [0.4, 0.5) is 4.79 Å². The van der Waals surface area contributed by atoms with Crippen molar-refractivity contribution in [1.82, 2.24) is 10.6 Å². The first-order valence-electron chi connectivity index (χ1n) is 5.75. The first-order chi connectivity index (χ1) is 8.32. The summed E-state index contributed by atoms with van der Waals surface area (Å²) >= 11 is 0. The molecule has 104 valence electrons. The Labute approximate surface area is 106 Å². The molecule has 7 nitrogen and oxygen atoms in total. The van der Waals surface area contributed by atoms with Gasteiger partial charge < -0.3 is 15.2 Å². The number of carboxylic acids is 1. The van der Waals surface area contributed by atoms with Gasteiger partial charge in [-0.2, -0.15) is 0 Å². The number of rotatable bonds is 7. The second-order valence-electron chi connectivity index (χ2n) is 4.28.